The fraction of sp³-hybridized carbons (Fsp3) is 0.348. The number of carbonyl (C=O) groups is 1. The van der Waals surface area contributed by atoms with Crippen LogP contribution in [0.15, 0.2) is 58.5 Å². The zero-order valence-electron chi connectivity index (χ0n) is 17.6. The van der Waals surface area contributed by atoms with Crippen LogP contribution in [-0.2, 0) is 16.1 Å². The van der Waals surface area contributed by atoms with E-state index in [9.17, 15) is 9.59 Å². The summed E-state index contributed by atoms with van der Waals surface area (Å²) in [5, 5.41) is 3.98. The molecule has 1 aromatic heterocycles. The molecule has 0 fully saturated rings. The summed E-state index contributed by atoms with van der Waals surface area (Å²) in [7, 11) is 1.59. The van der Waals surface area contributed by atoms with Gasteiger partial charge in [-0.3, -0.25) is 14.2 Å². The van der Waals surface area contributed by atoms with E-state index in [4.69, 9.17) is 4.74 Å². The average Bonchev–Trinajstić information content (AvgIpc) is 2.77. The molecule has 1 heterocycles. The summed E-state index contributed by atoms with van der Waals surface area (Å²) in [6.07, 6.45) is 1.08. The fourth-order valence-corrected chi connectivity index (χ4v) is 3.92. The predicted molar refractivity (Wildman–Crippen MR) is 122 cm³/mol. The number of carbonyl (C=O) groups excluding carboxylic acids is 1. The standard InChI is InChI=1S/C23H27N3O3S/c1-4-16(2)17-9-11-18(12-10-17)24-21(27)15-30-23-25-20-8-6-5-7-19(20)22(28)26(23)13-14-29-3/h5-12,16H,4,13-15H2,1-3H3,(H,24,27)/t16-/m1/s1. The van der Waals surface area contributed by atoms with Gasteiger partial charge in [0.1, 0.15) is 0 Å². The van der Waals surface area contributed by atoms with E-state index in [1.165, 1.54) is 17.3 Å². The Labute approximate surface area is 180 Å². The van der Waals surface area contributed by atoms with Crippen molar-refractivity contribution in [1.82, 2.24) is 9.55 Å². The molecule has 0 saturated carbocycles. The molecule has 3 aromatic rings. The predicted octanol–water partition coefficient (Wildman–Crippen LogP) is 4.29. The van der Waals surface area contributed by atoms with E-state index in [-0.39, 0.29) is 17.2 Å². The zero-order valence-corrected chi connectivity index (χ0v) is 18.4. The van der Waals surface area contributed by atoms with Gasteiger partial charge in [0.15, 0.2) is 5.16 Å². The molecule has 0 radical (unpaired) electrons. The average molecular weight is 426 g/mol. The highest BCUT2D eigenvalue weighted by Crippen LogP contribution is 2.21. The largest absolute Gasteiger partial charge is 0.383 e. The van der Waals surface area contributed by atoms with E-state index in [0.29, 0.717) is 35.1 Å². The minimum Gasteiger partial charge on any atom is -0.383 e. The summed E-state index contributed by atoms with van der Waals surface area (Å²) in [5.74, 6) is 0.510. The van der Waals surface area contributed by atoms with Crippen LogP contribution in [0.5, 0.6) is 0 Å². The summed E-state index contributed by atoms with van der Waals surface area (Å²) in [4.78, 5) is 29.9. The number of amides is 1. The quantitative estimate of drug-likeness (QED) is 0.409. The van der Waals surface area contributed by atoms with Crippen LogP contribution >= 0.6 is 11.8 Å². The molecule has 0 bridgehead atoms. The lowest BCUT2D eigenvalue weighted by Gasteiger charge is -2.13. The van der Waals surface area contributed by atoms with Crippen LogP contribution in [0.4, 0.5) is 5.69 Å². The Kier molecular flexibility index (Phi) is 7.65. The van der Waals surface area contributed by atoms with Gasteiger partial charge in [-0.25, -0.2) is 4.98 Å². The summed E-state index contributed by atoms with van der Waals surface area (Å²) < 4.78 is 6.70. The SMILES string of the molecule is CC[C@@H](C)c1ccc(NC(=O)CSc2nc3ccccc3c(=O)n2CCOC)cc1. The lowest BCUT2D eigenvalue weighted by Crippen LogP contribution is -2.26. The maximum atomic E-state index is 12.9. The number of benzene rings is 2. The molecule has 6 nitrogen and oxygen atoms in total. The minimum atomic E-state index is -0.142. The number of aromatic nitrogens is 2. The summed E-state index contributed by atoms with van der Waals surface area (Å²) in [6.45, 7) is 5.12. The van der Waals surface area contributed by atoms with Crippen molar-refractivity contribution in [1.29, 1.82) is 0 Å². The first-order valence-corrected chi connectivity index (χ1v) is 11.0. The fourth-order valence-electron chi connectivity index (χ4n) is 3.10. The van der Waals surface area contributed by atoms with Gasteiger partial charge in [0, 0.05) is 12.8 Å². The van der Waals surface area contributed by atoms with Gasteiger partial charge in [0.2, 0.25) is 5.91 Å². The Morgan fingerprint density at radius 3 is 2.63 bits per heavy atom. The maximum absolute atomic E-state index is 12.9. The van der Waals surface area contributed by atoms with Gasteiger partial charge in [-0.05, 0) is 42.2 Å². The molecule has 0 aliphatic rings. The molecule has 0 unspecified atom stereocenters. The third-order valence-electron chi connectivity index (χ3n) is 5.05. The molecular formula is C23H27N3O3S. The van der Waals surface area contributed by atoms with Crippen molar-refractivity contribution in [3.63, 3.8) is 0 Å². The third kappa shape index (κ3) is 5.29. The van der Waals surface area contributed by atoms with E-state index in [0.717, 1.165) is 12.1 Å². The Bertz CT molecular complexity index is 1060. The second-order valence-electron chi connectivity index (χ2n) is 7.13. The highest BCUT2D eigenvalue weighted by molar-refractivity contribution is 7.99. The van der Waals surface area contributed by atoms with Gasteiger partial charge in [-0.1, -0.05) is 49.9 Å². The Morgan fingerprint density at radius 1 is 1.20 bits per heavy atom. The molecule has 2 aromatic carbocycles. The number of rotatable bonds is 9. The molecule has 1 amide bonds. The van der Waals surface area contributed by atoms with Crippen molar-refractivity contribution in [3.8, 4) is 0 Å². The normalized spacial score (nSPS) is 12.1. The van der Waals surface area contributed by atoms with Crippen LogP contribution in [0.25, 0.3) is 10.9 Å². The number of nitrogens with zero attached hydrogens (tertiary/aromatic N) is 2. The van der Waals surface area contributed by atoms with Crippen molar-refractivity contribution < 1.29 is 9.53 Å². The van der Waals surface area contributed by atoms with Gasteiger partial charge in [0.05, 0.1) is 29.8 Å². The number of methoxy groups -OCH3 is 1. The van der Waals surface area contributed by atoms with Crippen LogP contribution in [0.2, 0.25) is 0 Å². The van der Waals surface area contributed by atoms with Gasteiger partial charge in [-0.15, -0.1) is 0 Å². The molecule has 0 aliphatic carbocycles. The first kappa shape index (κ1) is 22.1. The van der Waals surface area contributed by atoms with Crippen molar-refractivity contribution >= 4 is 34.3 Å². The molecule has 3 rings (SSSR count). The number of ether oxygens (including phenoxy) is 1. The second-order valence-corrected chi connectivity index (χ2v) is 8.07. The molecule has 1 atom stereocenters. The second kappa shape index (κ2) is 10.4. The number of thioether (sulfide) groups is 1. The van der Waals surface area contributed by atoms with Gasteiger partial charge in [-0.2, -0.15) is 0 Å². The molecule has 158 valence electrons. The highest BCUT2D eigenvalue weighted by Gasteiger charge is 2.13. The minimum absolute atomic E-state index is 0.124. The first-order valence-electron chi connectivity index (χ1n) is 10.0. The summed E-state index contributed by atoms with van der Waals surface area (Å²) >= 11 is 1.25. The summed E-state index contributed by atoms with van der Waals surface area (Å²) in [5.41, 5.74) is 2.52. The van der Waals surface area contributed by atoms with E-state index >= 15 is 0 Å². The number of nitrogens with one attached hydrogen (secondary N) is 1. The van der Waals surface area contributed by atoms with Gasteiger partial charge >= 0.3 is 0 Å². The van der Waals surface area contributed by atoms with E-state index in [1.807, 2.05) is 36.4 Å². The molecule has 7 heteroatoms. The van der Waals surface area contributed by atoms with E-state index < -0.39 is 0 Å². The zero-order chi connectivity index (χ0) is 21.5. The molecule has 0 saturated heterocycles. The Balaban J connectivity index is 1.72. The summed E-state index contributed by atoms with van der Waals surface area (Å²) in [6, 6.07) is 15.2. The lowest BCUT2D eigenvalue weighted by atomic mass is 9.99. The van der Waals surface area contributed by atoms with Gasteiger partial charge in [0.25, 0.3) is 5.56 Å². The molecule has 0 spiro atoms. The van der Waals surface area contributed by atoms with E-state index in [1.54, 1.807) is 23.8 Å². The van der Waals surface area contributed by atoms with Crippen LogP contribution in [0, 0.1) is 0 Å². The highest BCUT2D eigenvalue weighted by atomic mass is 32.2. The number of hydrogen-bond acceptors (Lipinski definition) is 5. The molecule has 30 heavy (non-hydrogen) atoms. The lowest BCUT2D eigenvalue weighted by molar-refractivity contribution is -0.113. The van der Waals surface area contributed by atoms with Crippen LogP contribution in [0.1, 0.15) is 31.7 Å². The van der Waals surface area contributed by atoms with Crippen LogP contribution < -0.4 is 10.9 Å². The Morgan fingerprint density at radius 2 is 1.93 bits per heavy atom. The van der Waals surface area contributed by atoms with Crippen LogP contribution in [-0.4, -0.2) is 34.9 Å². The monoisotopic (exact) mass is 425 g/mol. The maximum Gasteiger partial charge on any atom is 0.262 e. The van der Waals surface area contributed by atoms with Crippen molar-refractivity contribution in [2.75, 3.05) is 24.8 Å². The molecule has 1 N–H and O–H groups in total. The topological polar surface area (TPSA) is 73.2 Å². The van der Waals surface area contributed by atoms with E-state index in [2.05, 4.69) is 24.1 Å². The third-order valence-corrected chi connectivity index (χ3v) is 6.03. The van der Waals surface area contributed by atoms with Crippen molar-refractivity contribution in [3.05, 3.63) is 64.4 Å². The van der Waals surface area contributed by atoms with Gasteiger partial charge < -0.3 is 10.1 Å². The molecular weight excluding hydrogens is 398 g/mol. The number of anilines is 1. The van der Waals surface area contributed by atoms with Crippen molar-refractivity contribution in [2.24, 2.45) is 0 Å². The Hall–Kier alpha value is -2.64. The number of para-hydroxylation sites is 1. The smallest absolute Gasteiger partial charge is 0.262 e. The molecule has 0 aliphatic heterocycles. The number of fused-ring (bicyclic) bond motifs is 1. The first-order chi connectivity index (χ1) is 14.5. The van der Waals surface area contributed by atoms with Crippen molar-refractivity contribution in [2.45, 2.75) is 37.9 Å². The number of hydrogen-bond donors (Lipinski definition) is 1. The van der Waals surface area contributed by atoms with Crippen LogP contribution in [0.3, 0.4) is 0 Å².